The molecule has 9 heteroatoms. The van der Waals surface area contributed by atoms with Gasteiger partial charge in [-0.15, -0.1) is 24.0 Å². The number of rotatable bonds is 7. The lowest BCUT2D eigenvalue weighted by Crippen LogP contribution is -2.38. The molecule has 0 amide bonds. The van der Waals surface area contributed by atoms with Gasteiger partial charge in [-0.05, 0) is 30.9 Å². The third-order valence-electron chi connectivity index (χ3n) is 2.59. The quantitative estimate of drug-likeness (QED) is 0.248. The highest BCUT2D eigenvalue weighted by molar-refractivity contribution is 14.0. The standard InChI is InChI=1S/C13H22N4O2S2.HI/c1-3-15-13(16-7-8-20-2)17-10-11-5-4-6-12(9-11)21(14,18)19;/h4-6,9H,3,7-8,10H2,1-2H3,(H2,14,18,19)(H2,15,16,17);1H. The SMILES string of the molecule is CCNC(=NCc1cccc(S(N)(=O)=O)c1)NCCSC.I. The normalized spacial score (nSPS) is 11.7. The second-order valence-corrected chi connectivity index (χ2v) is 6.85. The van der Waals surface area contributed by atoms with Crippen LogP contribution in [0.5, 0.6) is 0 Å². The van der Waals surface area contributed by atoms with Crippen LogP contribution in [-0.4, -0.2) is 39.5 Å². The van der Waals surface area contributed by atoms with E-state index in [2.05, 4.69) is 15.6 Å². The molecule has 1 rings (SSSR count). The molecule has 0 aromatic heterocycles. The summed E-state index contributed by atoms with van der Waals surface area (Å²) < 4.78 is 22.6. The van der Waals surface area contributed by atoms with E-state index in [9.17, 15) is 8.42 Å². The molecule has 1 aromatic rings. The van der Waals surface area contributed by atoms with E-state index < -0.39 is 10.0 Å². The van der Waals surface area contributed by atoms with Gasteiger partial charge in [0.1, 0.15) is 0 Å². The van der Waals surface area contributed by atoms with Crippen molar-refractivity contribution in [2.75, 3.05) is 25.1 Å². The van der Waals surface area contributed by atoms with Crippen molar-refractivity contribution in [2.24, 2.45) is 10.1 Å². The fraction of sp³-hybridized carbons (Fsp3) is 0.462. The van der Waals surface area contributed by atoms with Crippen molar-refractivity contribution < 1.29 is 8.42 Å². The number of nitrogens with two attached hydrogens (primary N) is 1. The fourth-order valence-electron chi connectivity index (χ4n) is 1.60. The number of nitrogens with one attached hydrogen (secondary N) is 2. The molecule has 0 spiro atoms. The first-order valence-electron chi connectivity index (χ1n) is 6.60. The molecule has 0 aliphatic heterocycles. The first-order chi connectivity index (χ1) is 9.97. The summed E-state index contributed by atoms with van der Waals surface area (Å²) in [4.78, 5) is 4.54. The van der Waals surface area contributed by atoms with Crippen LogP contribution in [0.4, 0.5) is 0 Å². The number of hydrogen-bond donors (Lipinski definition) is 3. The molecule has 0 atom stereocenters. The molecule has 22 heavy (non-hydrogen) atoms. The maximum atomic E-state index is 11.3. The van der Waals surface area contributed by atoms with Crippen molar-refractivity contribution in [1.29, 1.82) is 0 Å². The van der Waals surface area contributed by atoms with Crippen LogP contribution < -0.4 is 15.8 Å². The van der Waals surface area contributed by atoms with Gasteiger partial charge in [0.05, 0.1) is 11.4 Å². The second kappa shape index (κ2) is 11.1. The van der Waals surface area contributed by atoms with Crippen LogP contribution in [0.1, 0.15) is 12.5 Å². The predicted octanol–water partition coefficient (Wildman–Crippen LogP) is 1.37. The lowest BCUT2D eigenvalue weighted by atomic mass is 10.2. The summed E-state index contributed by atoms with van der Waals surface area (Å²) in [6, 6.07) is 6.51. The Balaban J connectivity index is 0.00000441. The van der Waals surface area contributed by atoms with Gasteiger partial charge in [-0.2, -0.15) is 11.8 Å². The van der Waals surface area contributed by atoms with Crippen molar-refractivity contribution in [1.82, 2.24) is 10.6 Å². The number of halogens is 1. The zero-order chi connectivity index (χ0) is 15.7. The molecule has 0 heterocycles. The maximum Gasteiger partial charge on any atom is 0.238 e. The Morgan fingerprint density at radius 3 is 2.68 bits per heavy atom. The van der Waals surface area contributed by atoms with Gasteiger partial charge in [0.2, 0.25) is 10.0 Å². The summed E-state index contributed by atoms with van der Waals surface area (Å²) in [5.74, 6) is 1.71. The molecule has 6 nitrogen and oxygen atoms in total. The first kappa shape index (κ1) is 21.5. The van der Waals surface area contributed by atoms with Gasteiger partial charge in [-0.1, -0.05) is 12.1 Å². The topological polar surface area (TPSA) is 96.6 Å². The molecule has 0 aliphatic carbocycles. The lowest BCUT2D eigenvalue weighted by Gasteiger charge is -2.10. The lowest BCUT2D eigenvalue weighted by molar-refractivity contribution is 0.597. The Morgan fingerprint density at radius 2 is 2.09 bits per heavy atom. The number of thioether (sulfide) groups is 1. The van der Waals surface area contributed by atoms with Crippen molar-refractivity contribution in [3.63, 3.8) is 0 Å². The number of sulfonamides is 1. The highest BCUT2D eigenvalue weighted by Crippen LogP contribution is 2.10. The molecule has 1 aromatic carbocycles. The van der Waals surface area contributed by atoms with Crippen LogP contribution in [-0.2, 0) is 16.6 Å². The summed E-state index contributed by atoms with van der Waals surface area (Å²) in [6.45, 7) is 3.97. The van der Waals surface area contributed by atoms with Crippen LogP contribution in [0.2, 0.25) is 0 Å². The van der Waals surface area contributed by atoms with E-state index in [1.165, 1.54) is 6.07 Å². The summed E-state index contributed by atoms with van der Waals surface area (Å²) in [5.41, 5.74) is 0.795. The van der Waals surface area contributed by atoms with Crippen LogP contribution >= 0.6 is 35.7 Å². The van der Waals surface area contributed by atoms with Gasteiger partial charge >= 0.3 is 0 Å². The summed E-state index contributed by atoms with van der Waals surface area (Å²) in [5, 5.41) is 11.5. The van der Waals surface area contributed by atoms with Crippen molar-refractivity contribution in [3.8, 4) is 0 Å². The van der Waals surface area contributed by atoms with Gasteiger partial charge in [0.25, 0.3) is 0 Å². The van der Waals surface area contributed by atoms with Crippen LogP contribution in [0.25, 0.3) is 0 Å². The smallest absolute Gasteiger partial charge is 0.238 e. The molecule has 0 saturated carbocycles. The van der Waals surface area contributed by atoms with Crippen molar-refractivity contribution in [3.05, 3.63) is 29.8 Å². The highest BCUT2D eigenvalue weighted by Gasteiger charge is 2.07. The number of primary sulfonamides is 1. The molecule has 4 N–H and O–H groups in total. The third-order valence-corrected chi connectivity index (χ3v) is 4.11. The van der Waals surface area contributed by atoms with Crippen LogP contribution in [0.15, 0.2) is 34.2 Å². The van der Waals surface area contributed by atoms with Gasteiger partial charge < -0.3 is 10.6 Å². The minimum atomic E-state index is -3.67. The average Bonchev–Trinajstić information content (AvgIpc) is 2.44. The van der Waals surface area contributed by atoms with E-state index >= 15 is 0 Å². The first-order valence-corrected chi connectivity index (χ1v) is 9.54. The molecule has 0 bridgehead atoms. The van der Waals surface area contributed by atoms with Gasteiger partial charge in [-0.3, -0.25) is 0 Å². The van der Waals surface area contributed by atoms with E-state index in [4.69, 9.17) is 5.14 Å². The minimum Gasteiger partial charge on any atom is -0.357 e. The number of aliphatic imine (C=N–C) groups is 1. The number of guanidine groups is 1. The molecule has 0 unspecified atom stereocenters. The van der Waals surface area contributed by atoms with Crippen molar-refractivity contribution in [2.45, 2.75) is 18.4 Å². The molecule has 0 radical (unpaired) electrons. The van der Waals surface area contributed by atoms with E-state index in [0.29, 0.717) is 12.5 Å². The molecule has 0 saturated heterocycles. The van der Waals surface area contributed by atoms with Gasteiger partial charge in [-0.25, -0.2) is 18.5 Å². The Bertz CT molecular complexity index is 579. The Kier molecular flexibility index (Phi) is 10.8. The molecular formula is C13H23IN4O2S2. The molecule has 126 valence electrons. The zero-order valence-electron chi connectivity index (χ0n) is 12.7. The van der Waals surface area contributed by atoms with Crippen molar-refractivity contribution >= 4 is 51.7 Å². The fourth-order valence-corrected chi connectivity index (χ4v) is 2.49. The maximum absolute atomic E-state index is 11.3. The van der Waals surface area contributed by atoms with E-state index in [0.717, 1.165) is 24.4 Å². The summed E-state index contributed by atoms with van der Waals surface area (Å²) >= 11 is 1.75. The van der Waals surface area contributed by atoms with Gasteiger partial charge in [0.15, 0.2) is 5.96 Å². The number of nitrogens with zero attached hydrogens (tertiary/aromatic N) is 1. The monoisotopic (exact) mass is 458 g/mol. The van der Waals surface area contributed by atoms with Crippen LogP contribution in [0, 0.1) is 0 Å². The largest absolute Gasteiger partial charge is 0.357 e. The van der Waals surface area contributed by atoms with E-state index in [1.54, 1.807) is 23.9 Å². The van der Waals surface area contributed by atoms with E-state index in [1.807, 2.05) is 19.2 Å². The zero-order valence-corrected chi connectivity index (χ0v) is 16.7. The molecular weight excluding hydrogens is 435 g/mol. The Hall–Kier alpha value is -0.520. The Labute approximate surface area is 153 Å². The van der Waals surface area contributed by atoms with Crippen LogP contribution in [0.3, 0.4) is 0 Å². The summed E-state index contributed by atoms with van der Waals surface area (Å²) in [7, 11) is -3.67. The molecule has 0 aliphatic rings. The average molecular weight is 458 g/mol. The highest BCUT2D eigenvalue weighted by atomic mass is 127. The number of benzene rings is 1. The second-order valence-electron chi connectivity index (χ2n) is 4.31. The summed E-state index contributed by atoms with van der Waals surface area (Å²) in [6.07, 6.45) is 2.05. The third kappa shape index (κ3) is 8.20. The van der Waals surface area contributed by atoms with Gasteiger partial charge in [0, 0.05) is 18.8 Å². The minimum absolute atomic E-state index is 0. The Morgan fingerprint density at radius 1 is 1.36 bits per heavy atom. The van der Waals surface area contributed by atoms with E-state index in [-0.39, 0.29) is 28.9 Å². The molecule has 0 fully saturated rings. The number of hydrogen-bond acceptors (Lipinski definition) is 4. The predicted molar refractivity (Wildman–Crippen MR) is 104 cm³/mol.